The Bertz CT molecular complexity index is 949. The van der Waals surface area contributed by atoms with Gasteiger partial charge in [-0.05, 0) is 61.2 Å². The van der Waals surface area contributed by atoms with E-state index in [4.69, 9.17) is 16.6 Å². The molecule has 1 unspecified atom stereocenters. The molecule has 2 aromatic carbocycles. The van der Waals surface area contributed by atoms with E-state index in [9.17, 15) is 19.2 Å². The molecule has 11 heteroatoms. The van der Waals surface area contributed by atoms with Gasteiger partial charge in [-0.15, -0.1) is 0 Å². The molecule has 11 nitrogen and oxygen atoms in total. The summed E-state index contributed by atoms with van der Waals surface area (Å²) in [5.74, 6) is 0.0952. The summed E-state index contributed by atoms with van der Waals surface area (Å²) in [5, 5.41) is 19.0. The first-order valence-electron chi connectivity index (χ1n) is 11.9. The van der Waals surface area contributed by atoms with Gasteiger partial charge in [0.1, 0.15) is 0 Å². The number of nitrogen functional groups attached to an aromatic ring is 1. The quantitative estimate of drug-likeness (QED) is 0.187. The molecular weight excluding hydrogens is 476 g/mol. The van der Waals surface area contributed by atoms with Crippen LogP contribution in [0.1, 0.15) is 50.0 Å². The van der Waals surface area contributed by atoms with E-state index >= 15 is 0 Å². The highest BCUT2D eigenvalue weighted by Gasteiger charge is 2.11. The number of aliphatic hydroxyl groups is 1. The Morgan fingerprint density at radius 1 is 1.00 bits per heavy atom. The molecule has 0 saturated carbocycles. The Hall–Kier alpha value is -4.12. The number of carbonyl (C=O) groups excluding carboxylic acids is 4. The number of urea groups is 1. The van der Waals surface area contributed by atoms with Crippen LogP contribution in [0.25, 0.3) is 0 Å². The molecule has 0 fully saturated rings. The molecule has 2 aromatic rings. The Kier molecular flexibility index (Phi) is 17.0. The highest BCUT2D eigenvalue weighted by Crippen LogP contribution is 2.09. The number of primary amides is 1. The highest BCUT2D eigenvalue weighted by atomic mass is 16.3. The minimum absolute atomic E-state index is 0.0269. The third-order valence-electron chi connectivity index (χ3n) is 4.85. The third kappa shape index (κ3) is 16.2. The summed E-state index contributed by atoms with van der Waals surface area (Å²) in [7, 11) is 0. The predicted octanol–water partition coefficient (Wildman–Crippen LogP) is 1.97. The predicted molar refractivity (Wildman–Crippen MR) is 146 cm³/mol. The van der Waals surface area contributed by atoms with Crippen molar-refractivity contribution in [3.05, 3.63) is 59.7 Å². The van der Waals surface area contributed by atoms with E-state index in [0.717, 1.165) is 12.0 Å². The van der Waals surface area contributed by atoms with Crippen LogP contribution < -0.4 is 32.7 Å². The van der Waals surface area contributed by atoms with Crippen LogP contribution in [0, 0.1) is 5.92 Å². The van der Waals surface area contributed by atoms with E-state index in [-0.39, 0.29) is 31.0 Å². The number of hydrogen-bond acceptors (Lipinski definition) is 6. The van der Waals surface area contributed by atoms with Crippen LogP contribution in [0.5, 0.6) is 0 Å². The smallest absolute Gasteiger partial charge is 0.312 e. The van der Waals surface area contributed by atoms with Gasteiger partial charge < -0.3 is 37.8 Å². The molecule has 0 saturated heterocycles. The van der Waals surface area contributed by atoms with Gasteiger partial charge in [0, 0.05) is 29.5 Å². The van der Waals surface area contributed by atoms with Gasteiger partial charge in [-0.2, -0.15) is 0 Å². The van der Waals surface area contributed by atoms with Crippen molar-refractivity contribution in [1.29, 1.82) is 0 Å². The van der Waals surface area contributed by atoms with E-state index in [1.807, 2.05) is 13.8 Å². The maximum atomic E-state index is 11.7. The molecule has 9 N–H and O–H groups in total. The van der Waals surface area contributed by atoms with Crippen molar-refractivity contribution in [3.63, 3.8) is 0 Å². The zero-order valence-electron chi connectivity index (χ0n) is 21.9. The zero-order valence-corrected chi connectivity index (χ0v) is 21.9. The van der Waals surface area contributed by atoms with Gasteiger partial charge >= 0.3 is 6.03 Å². The topological polar surface area (TPSA) is 189 Å². The molecule has 1 atom stereocenters. The highest BCUT2D eigenvalue weighted by molar-refractivity contribution is 5.94. The molecular formula is C26H40N6O5. The number of benzene rings is 2. The summed E-state index contributed by atoms with van der Waals surface area (Å²) in [4.78, 5) is 42.7. The first-order valence-corrected chi connectivity index (χ1v) is 11.9. The summed E-state index contributed by atoms with van der Waals surface area (Å²) >= 11 is 0. The average Bonchev–Trinajstić information content (AvgIpc) is 2.87. The van der Waals surface area contributed by atoms with Crippen molar-refractivity contribution in [3.8, 4) is 0 Å². The van der Waals surface area contributed by atoms with E-state index in [1.54, 1.807) is 48.5 Å². The second-order valence-corrected chi connectivity index (χ2v) is 8.32. The van der Waals surface area contributed by atoms with Gasteiger partial charge in [-0.25, -0.2) is 4.79 Å². The molecule has 0 heterocycles. The molecule has 5 amide bonds. The first-order chi connectivity index (χ1) is 17.5. The van der Waals surface area contributed by atoms with Gasteiger partial charge in [-0.1, -0.05) is 32.9 Å². The van der Waals surface area contributed by atoms with E-state index in [2.05, 4.69) is 35.1 Å². The van der Waals surface area contributed by atoms with Crippen LogP contribution in [0.3, 0.4) is 0 Å². The van der Waals surface area contributed by atoms with Crippen LogP contribution in [0.4, 0.5) is 16.2 Å². The summed E-state index contributed by atoms with van der Waals surface area (Å²) in [5.41, 5.74) is 13.0. The van der Waals surface area contributed by atoms with Crippen LogP contribution >= 0.6 is 0 Å². The monoisotopic (exact) mass is 516 g/mol. The van der Waals surface area contributed by atoms with Crippen molar-refractivity contribution in [2.24, 2.45) is 11.7 Å². The first kappa shape index (κ1) is 32.9. The minimum atomic E-state index is -0.443. The molecule has 37 heavy (non-hydrogen) atoms. The summed E-state index contributed by atoms with van der Waals surface area (Å²) in [6, 6.07) is 13.5. The lowest BCUT2D eigenvalue weighted by molar-refractivity contribution is -0.118. The molecule has 0 aliphatic carbocycles. The maximum absolute atomic E-state index is 11.7. The number of amides is 5. The lowest BCUT2D eigenvalue weighted by Gasteiger charge is -2.17. The van der Waals surface area contributed by atoms with E-state index < -0.39 is 6.03 Å². The maximum Gasteiger partial charge on any atom is 0.312 e. The molecule has 204 valence electrons. The SMILES string of the molecule is CC(C)C(C)NC(=O)c1ccc(N)cc1.CCCNC(N)=O.O=CNCC(=O)Nc1ccc(CO)cc1. The van der Waals surface area contributed by atoms with Crippen molar-refractivity contribution in [1.82, 2.24) is 16.0 Å². The van der Waals surface area contributed by atoms with Gasteiger partial charge in [0.2, 0.25) is 12.3 Å². The van der Waals surface area contributed by atoms with Gasteiger partial charge in [-0.3, -0.25) is 14.4 Å². The number of hydrogen-bond donors (Lipinski definition) is 7. The average molecular weight is 517 g/mol. The zero-order chi connectivity index (χ0) is 28.2. The van der Waals surface area contributed by atoms with Crippen molar-refractivity contribution in [2.45, 2.75) is 46.8 Å². The normalized spacial score (nSPS) is 10.4. The van der Waals surface area contributed by atoms with E-state index in [0.29, 0.717) is 35.8 Å². The van der Waals surface area contributed by atoms with Crippen LogP contribution in [0.15, 0.2) is 48.5 Å². The van der Waals surface area contributed by atoms with Crippen LogP contribution in [-0.2, 0) is 16.2 Å². The van der Waals surface area contributed by atoms with E-state index in [1.165, 1.54) is 0 Å². The number of rotatable bonds is 10. The Balaban J connectivity index is 0.000000563. The van der Waals surface area contributed by atoms with Crippen molar-refractivity contribution < 1.29 is 24.3 Å². The largest absolute Gasteiger partial charge is 0.399 e. The number of carbonyl (C=O) groups is 4. The van der Waals surface area contributed by atoms with Gasteiger partial charge in [0.25, 0.3) is 5.91 Å². The summed E-state index contributed by atoms with van der Waals surface area (Å²) in [6.45, 7) is 8.72. The number of nitrogens with one attached hydrogen (secondary N) is 4. The summed E-state index contributed by atoms with van der Waals surface area (Å²) in [6.07, 6.45) is 1.40. The van der Waals surface area contributed by atoms with Crippen LogP contribution in [0.2, 0.25) is 0 Å². The fraction of sp³-hybridized carbons (Fsp3) is 0.385. The molecule has 0 bridgehead atoms. The number of nitrogens with two attached hydrogens (primary N) is 2. The standard InChI is InChI=1S/C12H18N2O.C10H12N2O3.C4H10N2O/c1-8(2)9(3)14-12(15)10-4-6-11(13)7-5-10;13-6-8-1-3-9(4-2-8)12-10(15)5-11-7-14;1-2-3-6-4(5)7/h4-9H,13H2,1-3H3,(H,14,15);1-4,7,13H,5-6H2,(H,11,14)(H,12,15);2-3H2,1H3,(H3,5,6,7). The van der Waals surface area contributed by atoms with Gasteiger partial charge in [0.05, 0.1) is 13.2 Å². The Morgan fingerprint density at radius 2 is 1.59 bits per heavy atom. The lowest BCUT2D eigenvalue weighted by Crippen LogP contribution is -2.36. The fourth-order valence-electron chi connectivity index (χ4n) is 2.37. The second kappa shape index (κ2) is 19.1. The molecule has 0 aliphatic heterocycles. The molecule has 0 aliphatic rings. The molecule has 0 spiro atoms. The third-order valence-corrected chi connectivity index (χ3v) is 4.85. The van der Waals surface area contributed by atoms with Crippen LogP contribution in [-0.4, -0.2) is 48.5 Å². The summed E-state index contributed by atoms with van der Waals surface area (Å²) < 4.78 is 0. The minimum Gasteiger partial charge on any atom is -0.399 e. The fourth-order valence-corrected chi connectivity index (χ4v) is 2.37. The number of aliphatic hydroxyl groups excluding tert-OH is 1. The number of anilines is 2. The Labute approximate surface area is 218 Å². The van der Waals surface area contributed by atoms with Crippen molar-refractivity contribution >= 4 is 35.6 Å². The molecule has 0 aromatic heterocycles. The molecule has 0 radical (unpaired) electrons. The van der Waals surface area contributed by atoms with Gasteiger partial charge in [0.15, 0.2) is 0 Å². The second-order valence-electron chi connectivity index (χ2n) is 8.32. The van der Waals surface area contributed by atoms with Crippen molar-refractivity contribution in [2.75, 3.05) is 24.1 Å². The Morgan fingerprint density at radius 3 is 2.03 bits per heavy atom. The molecule has 2 rings (SSSR count). The lowest BCUT2D eigenvalue weighted by atomic mass is 10.1.